The summed E-state index contributed by atoms with van der Waals surface area (Å²) >= 11 is 1.64. The Morgan fingerprint density at radius 1 is 1.43 bits per heavy atom. The molecule has 0 aromatic carbocycles. The first-order chi connectivity index (χ1) is 11.0. The van der Waals surface area contributed by atoms with E-state index in [0.717, 1.165) is 36.5 Å². The minimum atomic E-state index is 0.228. The first kappa shape index (κ1) is 16.0. The molecule has 0 radical (unpaired) electrons. The zero-order valence-corrected chi connectivity index (χ0v) is 14.8. The van der Waals surface area contributed by atoms with Gasteiger partial charge in [-0.3, -0.25) is 9.78 Å². The Hall–Kier alpha value is -1.88. The minimum absolute atomic E-state index is 0.228. The van der Waals surface area contributed by atoms with Gasteiger partial charge in [-0.1, -0.05) is 0 Å². The Balaban J connectivity index is 1.68. The number of carbonyl (C=O) groups is 1. The molecule has 0 saturated carbocycles. The number of nitrogens with zero attached hydrogens (tertiary/aromatic N) is 3. The summed E-state index contributed by atoms with van der Waals surface area (Å²) in [4.78, 5) is 21.2. The molecule has 0 bridgehead atoms. The monoisotopic (exact) mass is 329 g/mol. The Morgan fingerprint density at radius 3 is 2.96 bits per heavy atom. The van der Waals surface area contributed by atoms with E-state index in [0.29, 0.717) is 12.3 Å². The highest BCUT2D eigenvalue weighted by molar-refractivity contribution is 7.08. The van der Waals surface area contributed by atoms with Gasteiger partial charge < -0.3 is 9.80 Å². The smallest absolute Gasteiger partial charge is 0.227 e. The second-order valence-corrected chi connectivity index (χ2v) is 7.20. The first-order valence-electron chi connectivity index (χ1n) is 7.97. The van der Waals surface area contributed by atoms with Crippen molar-refractivity contribution in [3.05, 3.63) is 45.9 Å². The quantitative estimate of drug-likeness (QED) is 0.865. The van der Waals surface area contributed by atoms with Crippen LogP contribution in [0.3, 0.4) is 0 Å². The van der Waals surface area contributed by atoms with Crippen molar-refractivity contribution < 1.29 is 4.79 Å². The van der Waals surface area contributed by atoms with E-state index in [1.165, 1.54) is 5.69 Å². The van der Waals surface area contributed by atoms with Gasteiger partial charge in [0.2, 0.25) is 5.91 Å². The number of aromatic nitrogens is 1. The number of carbonyl (C=O) groups excluding carboxylic acids is 1. The van der Waals surface area contributed by atoms with Crippen LogP contribution in [0.25, 0.3) is 0 Å². The summed E-state index contributed by atoms with van der Waals surface area (Å²) in [6.45, 7) is 3.65. The Labute approximate surface area is 141 Å². The first-order valence-corrected chi connectivity index (χ1v) is 8.92. The summed E-state index contributed by atoms with van der Waals surface area (Å²) in [5, 5.41) is 4.08. The van der Waals surface area contributed by atoms with Crippen molar-refractivity contribution in [2.45, 2.75) is 25.7 Å². The van der Waals surface area contributed by atoms with Crippen LogP contribution in [0.15, 0.2) is 29.0 Å². The fourth-order valence-electron chi connectivity index (χ4n) is 3.05. The highest BCUT2D eigenvalue weighted by Gasteiger charge is 2.28. The molecule has 1 fully saturated rings. The van der Waals surface area contributed by atoms with Crippen LogP contribution < -0.4 is 4.90 Å². The second-order valence-electron chi connectivity index (χ2n) is 6.42. The predicted molar refractivity (Wildman–Crippen MR) is 95.3 cm³/mol. The van der Waals surface area contributed by atoms with E-state index in [9.17, 15) is 4.79 Å². The lowest BCUT2D eigenvalue weighted by atomic mass is 10.0. The van der Waals surface area contributed by atoms with Gasteiger partial charge in [-0.25, -0.2) is 0 Å². The number of hydrogen-bond acceptors (Lipinski definition) is 4. The van der Waals surface area contributed by atoms with Crippen LogP contribution in [-0.4, -0.2) is 43.0 Å². The third-order valence-corrected chi connectivity index (χ3v) is 5.10. The highest BCUT2D eigenvalue weighted by Crippen LogP contribution is 2.29. The zero-order chi connectivity index (χ0) is 16.4. The summed E-state index contributed by atoms with van der Waals surface area (Å²) in [6, 6.07) is 6.28. The standard InChI is InChI=1S/C18H23N3OS/c1-13-8-16(20(2)3)10-17(19-13)15-4-6-21(11-15)18(22)9-14-5-7-23-12-14/h5,7-8,10,12,15H,4,6,9,11H2,1-3H3. The van der Waals surface area contributed by atoms with E-state index in [1.54, 1.807) is 11.3 Å². The van der Waals surface area contributed by atoms with Gasteiger partial charge in [-0.2, -0.15) is 11.3 Å². The van der Waals surface area contributed by atoms with Crippen molar-refractivity contribution in [1.29, 1.82) is 0 Å². The van der Waals surface area contributed by atoms with Crippen molar-refractivity contribution in [2.75, 3.05) is 32.1 Å². The van der Waals surface area contributed by atoms with Gasteiger partial charge in [0.05, 0.1) is 6.42 Å². The molecule has 3 rings (SSSR count). The minimum Gasteiger partial charge on any atom is -0.378 e. The largest absolute Gasteiger partial charge is 0.378 e. The number of thiophene rings is 1. The molecule has 23 heavy (non-hydrogen) atoms. The second kappa shape index (κ2) is 6.71. The molecule has 4 nitrogen and oxygen atoms in total. The van der Waals surface area contributed by atoms with Crippen LogP contribution in [0.4, 0.5) is 5.69 Å². The third kappa shape index (κ3) is 3.72. The normalized spacial score (nSPS) is 17.5. The third-order valence-electron chi connectivity index (χ3n) is 4.37. The van der Waals surface area contributed by atoms with Gasteiger partial charge in [0.15, 0.2) is 0 Å². The summed E-state index contributed by atoms with van der Waals surface area (Å²) < 4.78 is 0. The SMILES string of the molecule is Cc1cc(N(C)C)cc(C2CCN(C(=O)Cc3ccsc3)C2)n1. The van der Waals surface area contributed by atoms with E-state index in [-0.39, 0.29) is 5.91 Å². The van der Waals surface area contributed by atoms with Gasteiger partial charge in [0, 0.05) is 50.2 Å². The number of hydrogen-bond donors (Lipinski definition) is 0. The number of anilines is 1. The van der Waals surface area contributed by atoms with Gasteiger partial charge >= 0.3 is 0 Å². The van der Waals surface area contributed by atoms with Crippen LogP contribution in [-0.2, 0) is 11.2 Å². The summed E-state index contributed by atoms with van der Waals surface area (Å²) in [5.74, 6) is 0.575. The lowest BCUT2D eigenvalue weighted by Gasteiger charge is -2.18. The molecule has 122 valence electrons. The molecular weight excluding hydrogens is 306 g/mol. The van der Waals surface area contributed by atoms with E-state index in [1.807, 2.05) is 37.4 Å². The molecule has 2 aromatic rings. The Kier molecular flexibility index (Phi) is 4.66. The van der Waals surface area contributed by atoms with E-state index in [2.05, 4.69) is 22.4 Å². The number of aryl methyl sites for hydroxylation is 1. The molecule has 1 saturated heterocycles. The van der Waals surface area contributed by atoms with Crippen molar-refractivity contribution in [1.82, 2.24) is 9.88 Å². The summed E-state index contributed by atoms with van der Waals surface area (Å²) in [6.07, 6.45) is 1.51. The average Bonchev–Trinajstić information content (AvgIpc) is 3.17. The van der Waals surface area contributed by atoms with Crippen LogP contribution in [0, 0.1) is 6.92 Å². The molecular formula is C18H23N3OS. The molecule has 3 heterocycles. The van der Waals surface area contributed by atoms with E-state index < -0.39 is 0 Å². The molecule has 1 atom stereocenters. The topological polar surface area (TPSA) is 36.4 Å². The maximum absolute atomic E-state index is 12.4. The van der Waals surface area contributed by atoms with Crippen molar-refractivity contribution in [3.8, 4) is 0 Å². The molecule has 0 N–H and O–H groups in total. The number of pyridine rings is 1. The van der Waals surface area contributed by atoms with Gasteiger partial charge in [-0.05, 0) is 47.9 Å². The zero-order valence-electron chi connectivity index (χ0n) is 14.0. The fraction of sp³-hybridized carbons (Fsp3) is 0.444. The molecule has 1 aliphatic rings. The lowest BCUT2D eigenvalue weighted by molar-refractivity contribution is -0.129. The number of rotatable bonds is 4. The van der Waals surface area contributed by atoms with Gasteiger partial charge in [0.25, 0.3) is 0 Å². The number of likely N-dealkylation sites (tertiary alicyclic amines) is 1. The molecule has 0 spiro atoms. The van der Waals surface area contributed by atoms with Crippen molar-refractivity contribution >= 4 is 22.9 Å². The molecule has 1 aliphatic heterocycles. The lowest BCUT2D eigenvalue weighted by Crippen LogP contribution is -2.29. The molecule has 5 heteroatoms. The fourth-order valence-corrected chi connectivity index (χ4v) is 3.72. The molecule has 2 aromatic heterocycles. The predicted octanol–water partition coefficient (Wildman–Crippen LogP) is 3.08. The maximum Gasteiger partial charge on any atom is 0.227 e. The van der Waals surface area contributed by atoms with E-state index in [4.69, 9.17) is 4.98 Å². The summed E-state index contributed by atoms with van der Waals surface area (Å²) in [7, 11) is 4.09. The van der Waals surface area contributed by atoms with Gasteiger partial charge in [-0.15, -0.1) is 0 Å². The van der Waals surface area contributed by atoms with E-state index >= 15 is 0 Å². The molecule has 1 amide bonds. The molecule has 1 unspecified atom stereocenters. The van der Waals surface area contributed by atoms with Crippen LogP contribution in [0.2, 0.25) is 0 Å². The highest BCUT2D eigenvalue weighted by atomic mass is 32.1. The van der Waals surface area contributed by atoms with Crippen molar-refractivity contribution in [3.63, 3.8) is 0 Å². The summed E-state index contributed by atoms with van der Waals surface area (Å²) in [5.41, 5.74) is 4.44. The molecule has 0 aliphatic carbocycles. The van der Waals surface area contributed by atoms with Crippen LogP contribution in [0.5, 0.6) is 0 Å². The average molecular weight is 329 g/mol. The Bertz CT molecular complexity index is 682. The van der Waals surface area contributed by atoms with Gasteiger partial charge in [0.1, 0.15) is 0 Å². The van der Waals surface area contributed by atoms with Crippen molar-refractivity contribution in [2.24, 2.45) is 0 Å². The number of amides is 1. The maximum atomic E-state index is 12.4. The Morgan fingerprint density at radius 2 is 2.26 bits per heavy atom. The van der Waals surface area contributed by atoms with Crippen LogP contribution >= 0.6 is 11.3 Å². The van der Waals surface area contributed by atoms with Crippen LogP contribution in [0.1, 0.15) is 29.3 Å².